The van der Waals surface area contributed by atoms with Crippen LogP contribution in [0.1, 0.15) is 18.4 Å². The predicted molar refractivity (Wildman–Crippen MR) is 65.3 cm³/mol. The van der Waals surface area contributed by atoms with Crippen molar-refractivity contribution in [3.63, 3.8) is 0 Å². The Morgan fingerprint density at radius 3 is 2.79 bits per heavy atom. The molecule has 0 radical (unpaired) electrons. The van der Waals surface area contributed by atoms with Crippen LogP contribution in [-0.2, 0) is 22.0 Å². The molecule has 1 aliphatic rings. The van der Waals surface area contributed by atoms with Gasteiger partial charge in [0.15, 0.2) is 0 Å². The number of rotatable bonds is 3. The zero-order chi connectivity index (χ0) is 14.0. The van der Waals surface area contributed by atoms with Crippen molar-refractivity contribution in [3.8, 4) is 0 Å². The fourth-order valence-electron chi connectivity index (χ4n) is 1.92. The first-order valence-corrected chi connectivity index (χ1v) is 7.05. The van der Waals surface area contributed by atoms with E-state index in [1.54, 1.807) is 12.1 Å². The maximum absolute atomic E-state index is 12.0. The molecule has 1 unspecified atom stereocenters. The molecule has 0 fully saturated rings. The smallest absolute Gasteiger partial charge is 0.325 e. The molecule has 2 rings (SSSR count). The minimum absolute atomic E-state index is 0.362. The van der Waals surface area contributed by atoms with Crippen LogP contribution in [0, 0.1) is 0 Å². The van der Waals surface area contributed by atoms with Gasteiger partial charge in [0.1, 0.15) is 0 Å². The Labute approximate surface area is 110 Å². The molecule has 3 nitrogen and oxygen atoms in total. The lowest BCUT2D eigenvalue weighted by molar-refractivity contribution is -0.142. The molecule has 1 aliphatic heterocycles. The van der Waals surface area contributed by atoms with Gasteiger partial charge in [-0.25, -0.2) is 0 Å². The normalized spacial score (nSPS) is 18.2. The molecule has 0 saturated carbocycles. The third-order valence-electron chi connectivity index (χ3n) is 2.79. The third kappa shape index (κ3) is 3.56. The molecule has 1 aromatic rings. The van der Waals surface area contributed by atoms with Crippen LogP contribution in [0.2, 0.25) is 0 Å². The summed E-state index contributed by atoms with van der Waals surface area (Å²) in [5.41, 5.74) is 1.24. The molecule has 0 bridgehead atoms. The van der Waals surface area contributed by atoms with Gasteiger partial charge in [-0.15, -0.1) is 0 Å². The average Bonchev–Trinajstić information content (AvgIpc) is 2.69. The highest BCUT2D eigenvalue weighted by atomic mass is 32.2. The van der Waals surface area contributed by atoms with Crippen molar-refractivity contribution >= 4 is 22.4 Å². The molecular formula is C12H12F3NO2S. The van der Waals surface area contributed by atoms with Crippen molar-refractivity contribution in [2.75, 3.05) is 11.1 Å². The largest absolute Gasteiger partial charge is 0.389 e. The Morgan fingerprint density at radius 1 is 1.37 bits per heavy atom. The van der Waals surface area contributed by atoms with E-state index >= 15 is 0 Å². The zero-order valence-corrected chi connectivity index (χ0v) is 10.7. The second-order valence-corrected chi connectivity index (χ2v) is 5.76. The van der Waals surface area contributed by atoms with E-state index in [9.17, 15) is 22.2 Å². The number of carbonyl (C=O) groups excluding carboxylic acids is 1. The summed E-state index contributed by atoms with van der Waals surface area (Å²) in [5, 5.41) is 2.41. The monoisotopic (exact) mass is 291 g/mol. The predicted octanol–water partition coefficient (Wildman–Crippen LogP) is 2.63. The summed E-state index contributed by atoms with van der Waals surface area (Å²) in [6.45, 7) is 0. The van der Waals surface area contributed by atoms with Crippen LogP contribution < -0.4 is 5.32 Å². The number of halogens is 3. The molecule has 7 heteroatoms. The zero-order valence-electron chi connectivity index (χ0n) is 9.92. The van der Waals surface area contributed by atoms with E-state index in [0.29, 0.717) is 22.8 Å². The second kappa shape index (κ2) is 5.32. The number of benzene rings is 1. The maximum Gasteiger partial charge on any atom is 0.389 e. The SMILES string of the molecule is O=C(CCC(F)(F)F)Nc1cccc2c1S(=O)CC2. The Hall–Kier alpha value is -1.37. The number of hydrogen-bond acceptors (Lipinski definition) is 2. The summed E-state index contributed by atoms with van der Waals surface area (Å²) in [5.74, 6) is -0.222. The summed E-state index contributed by atoms with van der Waals surface area (Å²) in [4.78, 5) is 12.0. The Kier molecular flexibility index (Phi) is 3.93. The van der Waals surface area contributed by atoms with Gasteiger partial charge in [0.25, 0.3) is 0 Å². The molecule has 19 heavy (non-hydrogen) atoms. The van der Waals surface area contributed by atoms with Crippen LogP contribution in [0.15, 0.2) is 23.1 Å². The first-order valence-electron chi connectivity index (χ1n) is 5.74. The van der Waals surface area contributed by atoms with Crippen LogP contribution in [0.25, 0.3) is 0 Å². The highest BCUT2D eigenvalue weighted by molar-refractivity contribution is 7.85. The van der Waals surface area contributed by atoms with E-state index in [1.807, 2.05) is 6.07 Å². The molecule has 1 atom stereocenters. The molecule has 0 saturated heterocycles. The number of anilines is 1. The van der Waals surface area contributed by atoms with Crippen LogP contribution in [0.3, 0.4) is 0 Å². The van der Waals surface area contributed by atoms with Gasteiger partial charge in [0.05, 0.1) is 27.8 Å². The van der Waals surface area contributed by atoms with E-state index < -0.39 is 35.7 Å². The van der Waals surface area contributed by atoms with Crippen LogP contribution in [0.4, 0.5) is 18.9 Å². The fraction of sp³-hybridized carbons (Fsp3) is 0.417. The first-order chi connectivity index (χ1) is 8.87. The van der Waals surface area contributed by atoms with Gasteiger partial charge < -0.3 is 5.32 Å². The molecular weight excluding hydrogens is 279 g/mol. The number of nitrogens with one attached hydrogen (secondary N) is 1. The van der Waals surface area contributed by atoms with E-state index in [-0.39, 0.29) is 0 Å². The Morgan fingerprint density at radius 2 is 2.11 bits per heavy atom. The van der Waals surface area contributed by atoms with Crippen molar-refractivity contribution in [2.24, 2.45) is 0 Å². The van der Waals surface area contributed by atoms with Crippen molar-refractivity contribution in [3.05, 3.63) is 23.8 Å². The summed E-state index contributed by atoms with van der Waals surface area (Å²) >= 11 is 0. The van der Waals surface area contributed by atoms with Crippen LogP contribution in [-0.4, -0.2) is 22.0 Å². The fourth-order valence-corrected chi connectivity index (χ4v) is 3.36. The van der Waals surface area contributed by atoms with Gasteiger partial charge in [-0.3, -0.25) is 9.00 Å². The summed E-state index contributed by atoms with van der Waals surface area (Å²) in [7, 11) is -1.18. The van der Waals surface area contributed by atoms with Crippen LogP contribution >= 0.6 is 0 Å². The summed E-state index contributed by atoms with van der Waals surface area (Å²) < 4.78 is 47.8. The highest BCUT2D eigenvalue weighted by Crippen LogP contribution is 2.30. The van der Waals surface area contributed by atoms with Gasteiger partial charge >= 0.3 is 6.18 Å². The molecule has 0 spiro atoms. The third-order valence-corrected chi connectivity index (χ3v) is 4.30. The number of alkyl halides is 3. The first kappa shape index (κ1) is 14.0. The maximum atomic E-state index is 12.0. The summed E-state index contributed by atoms with van der Waals surface area (Å²) in [6, 6.07) is 5.07. The lowest BCUT2D eigenvalue weighted by Gasteiger charge is -2.10. The van der Waals surface area contributed by atoms with E-state index in [4.69, 9.17) is 0 Å². The van der Waals surface area contributed by atoms with Gasteiger partial charge in [-0.2, -0.15) is 13.2 Å². The molecule has 0 aliphatic carbocycles. The minimum Gasteiger partial charge on any atom is -0.325 e. The average molecular weight is 291 g/mol. The topological polar surface area (TPSA) is 46.2 Å². The second-order valence-electron chi connectivity index (χ2n) is 4.26. The van der Waals surface area contributed by atoms with Crippen molar-refractivity contribution in [1.29, 1.82) is 0 Å². The number of hydrogen-bond donors (Lipinski definition) is 1. The van der Waals surface area contributed by atoms with Gasteiger partial charge in [-0.1, -0.05) is 12.1 Å². The van der Waals surface area contributed by atoms with Crippen LogP contribution in [0.5, 0.6) is 0 Å². The number of carbonyl (C=O) groups is 1. The minimum atomic E-state index is -4.35. The summed E-state index contributed by atoms with van der Waals surface area (Å²) in [6.07, 6.45) is -5.47. The quantitative estimate of drug-likeness (QED) is 0.930. The number of amides is 1. The number of aryl methyl sites for hydroxylation is 1. The number of fused-ring (bicyclic) bond motifs is 1. The molecule has 1 amide bonds. The van der Waals surface area contributed by atoms with E-state index in [0.717, 1.165) is 5.56 Å². The van der Waals surface area contributed by atoms with Crippen molar-refractivity contribution in [2.45, 2.75) is 30.3 Å². The Bertz CT molecular complexity index is 528. The Balaban J connectivity index is 2.06. The van der Waals surface area contributed by atoms with Gasteiger partial charge in [-0.05, 0) is 18.1 Å². The molecule has 1 N–H and O–H groups in total. The van der Waals surface area contributed by atoms with Gasteiger partial charge in [0.2, 0.25) is 5.91 Å². The van der Waals surface area contributed by atoms with Gasteiger partial charge in [0, 0.05) is 12.2 Å². The molecule has 1 heterocycles. The van der Waals surface area contributed by atoms with E-state index in [2.05, 4.69) is 5.32 Å². The molecule has 104 valence electrons. The van der Waals surface area contributed by atoms with Crippen molar-refractivity contribution in [1.82, 2.24) is 0 Å². The molecule has 1 aromatic carbocycles. The lowest BCUT2D eigenvalue weighted by Crippen LogP contribution is -2.17. The van der Waals surface area contributed by atoms with E-state index in [1.165, 1.54) is 0 Å². The lowest BCUT2D eigenvalue weighted by atomic mass is 10.1. The molecule has 0 aromatic heterocycles. The van der Waals surface area contributed by atoms with Crippen molar-refractivity contribution < 1.29 is 22.2 Å². The highest BCUT2D eigenvalue weighted by Gasteiger charge is 2.28. The standard InChI is InChI=1S/C12H12F3NO2S/c13-12(14,15)6-4-10(17)16-9-3-1-2-8-5-7-19(18)11(8)9/h1-3H,4-7H2,(H,16,17).